The van der Waals surface area contributed by atoms with Crippen molar-refractivity contribution in [2.24, 2.45) is 5.10 Å². The Morgan fingerprint density at radius 3 is 2.29 bits per heavy atom. The molecule has 0 fully saturated rings. The van der Waals surface area contributed by atoms with Crippen molar-refractivity contribution in [1.82, 2.24) is 14.6 Å². The molecule has 1 aromatic heterocycles. The Balaban J connectivity index is 1.72. The third kappa shape index (κ3) is 4.09. The maximum Gasteiger partial charge on any atom is 0.331 e. The zero-order valence-corrected chi connectivity index (χ0v) is 19.4. The number of benzene rings is 2. The van der Waals surface area contributed by atoms with Crippen molar-refractivity contribution in [3.05, 3.63) is 80.0 Å². The minimum atomic E-state index is -0.691. The molecule has 0 unspecified atom stereocenters. The average Bonchev–Trinajstić information content (AvgIpc) is 3.22. The molecule has 10 nitrogen and oxygen atoms in total. The normalized spacial score (nSPS) is 15.2. The van der Waals surface area contributed by atoms with Crippen LogP contribution in [0.2, 0.25) is 0 Å². The van der Waals surface area contributed by atoms with Gasteiger partial charge in [0.1, 0.15) is 5.56 Å². The summed E-state index contributed by atoms with van der Waals surface area (Å²) in [5.74, 6) is 1.04. The van der Waals surface area contributed by atoms with Crippen LogP contribution in [0.15, 0.2) is 57.2 Å². The van der Waals surface area contributed by atoms with Crippen LogP contribution in [0.5, 0.6) is 23.1 Å². The van der Waals surface area contributed by atoms with Gasteiger partial charge in [0.15, 0.2) is 11.5 Å². The smallest absolute Gasteiger partial charge is 0.331 e. The fourth-order valence-corrected chi connectivity index (χ4v) is 4.13. The van der Waals surface area contributed by atoms with Gasteiger partial charge in [0.25, 0.3) is 5.56 Å². The molecule has 0 saturated carbocycles. The fourth-order valence-electron chi connectivity index (χ4n) is 4.13. The number of aromatic amines is 1. The van der Waals surface area contributed by atoms with Crippen molar-refractivity contribution >= 4 is 5.71 Å². The largest absolute Gasteiger partial charge is 0.494 e. The maximum absolute atomic E-state index is 12.7. The van der Waals surface area contributed by atoms with Crippen LogP contribution in [-0.4, -0.2) is 53.8 Å². The highest BCUT2D eigenvalue weighted by Gasteiger charge is 2.32. The van der Waals surface area contributed by atoms with Gasteiger partial charge in [0, 0.05) is 13.5 Å². The lowest BCUT2D eigenvalue weighted by Gasteiger charge is -2.21. The summed E-state index contributed by atoms with van der Waals surface area (Å²) in [5.41, 5.74) is 0.579. The minimum Gasteiger partial charge on any atom is -0.494 e. The molecule has 0 saturated heterocycles. The zero-order chi connectivity index (χ0) is 24.4. The van der Waals surface area contributed by atoms with Crippen LogP contribution < -0.4 is 25.5 Å². The summed E-state index contributed by atoms with van der Waals surface area (Å²) in [6.45, 7) is 0.106. The quantitative estimate of drug-likeness (QED) is 0.547. The highest BCUT2D eigenvalue weighted by molar-refractivity contribution is 6.03. The van der Waals surface area contributed by atoms with E-state index in [2.05, 4.69) is 10.1 Å². The molecule has 2 N–H and O–H groups in total. The summed E-state index contributed by atoms with van der Waals surface area (Å²) in [4.78, 5) is 27.4. The Morgan fingerprint density at radius 1 is 1.06 bits per heavy atom. The van der Waals surface area contributed by atoms with Crippen molar-refractivity contribution in [3.8, 4) is 23.1 Å². The Morgan fingerprint density at radius 2 is 1.71 bits per heavy atom. The number of H-pyrrole nitrogens is 1. The van der Waals surface area contributed by atoms with E-state index >= 15 is 0 Å². The van der Waals surface area contributed by atoms with E-state index in [4.69, 9.17) is 14.2 Å². The van der Waals surface area contributed by atoms with Crippen molar-refractivity contribution in [2.75, 3.05) is 28.4 Å². The molecular weight excluding hydrogens is 440 g/mol. The number of aromatic nitrogens is 2. The van der Waals surface area contributed by atoms with Crippen molar-refractivity contribution in [1.29, 1.82) is 0 Å². The van der Waals surface area contributed by atoms with Gasteiger partial charge in [0.2, 0.25) is 11.6 Å². The first kappa shape index (κ1) is 23.0. The first-order valence-corrected chi connectivity index (χ1v) is 10.6. The molecule has 4 rings (SSSR count). The Bertz CT molecular complexity index is 1320. The van der Waals surface area contributed by atoms with E-state index in [9.17, 15) is 14.7 Å². The van der Waals surface area contributed by atoms with E-state index in [1.165, 1.54) is 21.3 Å². The topological polar surface area (TPSA) is 118 Å². The lowest BCUT2D eigenvalue weighted by atomic mass is 9.98. The van der Waals surface area contributed by atoms with E-state index in [0.717, 1.165) is 15.7 Å². The van der Waals surface area contributed by atoms with Gasteiger partial charge in [-0.3, -0.25) is 19.4 Å². The van der Waals surface area contributed by atoms with E-state index in [0.29, 0.717) is 29.4 Å². The summed E-state index contributed by atoms with van der Waals surface area (Å²) in [5, 5.41) is 17.1. The SMILES string of the molecule is COc1cc([C@@H]2CC(c3c(O)n(Cc4ccccc4)c(=O)[nH]c3=O)=NN2C)cc(OC)c1OC. The molecule has 1 aliphatic heterocycles. The highest BCUT2D eigenvalue weighted by atomic mass is 16.5. The molecule has 0 amide bonds. The van der Waals surface area contributed by atoms with E-state index < -0.39 is 17.1 Å². The third-order valence-corrected chi connectivity index (χ3v) is 5.83. The summed E-state index contributed by atoms with van der Waals surface area (Å²) in [6.07, 6.45) is 0.315. The van der Waals surface area contributed by atoms with Gasteiger partial charge in [-0.1, -0.05) is 30.3 Å². The van der Waals surface area contributed by atoms with Gasteiger partial charge < -0.3 is 19.3 Å². The number of nitrogens with zero attached hydrogens (tertiary/aromatic N) is 3. The minimum absolute atomic E-state index is 0.0303. The predicted molar refractivity (Wildman–Crippen MR) is 126 cm³/mol. The summed E-state index contributed by atoms with van der Waals surface area (Å²) in [7, 11) is 6.37. The Labute approximate surface area is 195 Å². The molecule has 10 heteroatoms. The van der Waals surface area contributed by atoms with Crippen molar-refractivity contribution < 1.29 is 19.3 Å². The van der Waals surface area contributed by atoms with Crippen molar-refractivity contribution in [3.63, 3.8) is 0 Å². The number of methoxy groups -OCH3 is 3. The zero-order valence-electron chi connectivity index (χ0n) is 19.4. The van der Waals surface area contributed by atoms with Gasteiger partial charge in [-0.25, -0.2) is 4.79 Å². The molecule has 2 aromatic carbocycles. The number of nitrogens with one attached hydrogen (secondary N) is 1. The number of hydrogen-bond donors (Lipinski definition) is 2. The summed E-state index contributed by atoms with van der Waals surface area (Å²) >= 11 is 0. The molecule has 34 heavy (non-hydrogen) atoms. The lowest BCUT2D eigenvalue weighted by Crippen LogP contribution is -2.34. The molecule has 1 atom stereocenters. The molecule has 1 aliphatic rings. The van der Waals surface area contributed by atoms with Crippen LogP contribution in [0.25, 0.3) is 0 Å². The van der Waals surface area contributed by atoms with Gasteiger partial charge in [-0.15, -0.1) is 0 Å². The van der Waals surface area contributed by atoms with E-state index in [1.54, 1.807) is 12.1 Å². The molecule has 3 aromatic rings. The third-order valence-electron chi connectivity index (χ3n) is 5.83. The molecule has 0 spiro atoms. The number of hydrogen-bond acceptors (Lipinski definition) is 8. The first-order chi connectivity index (χ1) is 16.4. The molecular formula is C24H26N4O6. The lowest BCUT2D eigenvalue weighted by molar-refractivity contribution is 0.284. The van der Waals surface area contributed by atoms with E-state index in [-0.39, 0.29) is 18.2 Å². The highest BCUT2D eigenvalue weighted by Crippen LogP contribution is 2.42. The maximum atomic E-state index is 12.7. The second-order valence-electron chi connectivity index (χ2n) is 7.83. The fraction of sp³-hybridized carbons (Fsp3) is 0.292. The first-order valence-electron chi connectivity index (χ1n) is 10.6. The molecule has 0 radical (unpaired) electrons. The molecule has 0 bridgehead atoms. The molecule has 178 valence electrons. The second kappa shape index (κ2) is 9.34. The standard InChI is InChI=1S/C24H26N4O6/c1-27-17(15-10-18(32-2)21(34-4)19(11-15)33-3)12-16(26-27)20-22(29)25-24(31)28(23(20)30)13-14-8-6-5-7-9-14/h5-11,17,30H,12-13H2,1-4H3,(H,25,29,31)/t17-/m0/s1. The van der Waals surface area contributed by atoms with Gasteiger partial charge in [0.05, 0.1) is 39.6 Å². The Hall–Kier alpha value is -4.21. The molecule has 0 aliphatic carbocycles. The summed E-state index contributed by atoms with van der Waals surface area (Å²) < 4.78 is 17.4. The number of aromatic hydroxyl groups is 1. The van der Waals surface area contributed by atoms with Crippen LogP contribution in [-0.2, 0) is 6.54 Å². The van der Waals surface area contributed by atoms with Crippen molar-refractivity contribution in [2.45, 2.75) is 19.0 Å². The molecule has 2 heterocycles. The van der Waals surface area contributed by atoms with Gasteiger partial charge >= 0.3 is 5.69 Å². The van der Waals surface area contributed by atoms with Crippen LogP contribution in [0.1, 0.15) is 29.2 Å². The monoisotopic (exact) mass is 466 g/mol. The van der Waals surface area contributed by atoms with Crippen LogP contribution in [0, 0.1) is 0 Å². The average molecular weight is 466 g/mol. The van der Waals surface area contributed by atoms with Crippen LogP contribution in [0.4, 0.5) is 0 Å². The second-order valence-corrected chi connectivity index (χ2v) is 7.83. The van der Waals surface area contributed by atoms with Crippen LogP contribution >= 0.6 is 0 Å². The van der Waals surface area contributed by atoms with Gasteiger partial charge in [-0.2, -0.15) is 5.10 Å². The van der Waals surface area contributed by atoms with E-state index in [1.807, 2.05) is 42.5 Å². The van der Waals surface area contributed by atoms with Crippen LogP contribution in [0.3, 0.4) is 0 Å². The predicted octanol–water partition coefficient (Wildman–Crippen LogP) is 2.10. The number of ether oxygens (including phenoxy) is 3. The van der Waals surface area contributed by atoms with Gasteiger partial charge in [-0.05, 0) is 23.3 Å². The summed E-state index contributed by atoms with van der Waals surface area (Å²) in [6, 6.07) is 12.6. The number of hydrazone groups is 1. The Kier molecular flexibility index (Phi) is 6.31. The number of rotatable bonds is 7.